The van der Waals surface area contributed by atoms with E-state index >= 15 is 4.39 Å². The molecule has 264 valence electrons. The van der Waals surface area contributed by atoms with Crippen molar-refractivity contribution < 1.29 is 23.3 Å². The first-order valence-electron chi connectivity index (χ1n) is 17.6. The van der Waals surface area contributed by atoms with Crippen LogP contribution in [0.25, 0.3) is 0 Å². The molecule has 5 heterocycles. The summed E-state index contributed by atoms with van der Waals surface area (Å²) < 4.78 is 28.5. The Morgan fingerprint density at radius 1 is 1.12 bits per heavy atom. The number of anilines is 1. The van der Waals surface area contributed by atoms with Gasteiger partial charge in [-0.15, -0.1) is 0 Å². The zero-order valence-corrected chi connectivity index (χ0v) is 29.1. The predicted molar refractivity (Wildman–Crippen MR) is 191 cm³/mol. The number of hydrogen-bond acceptors (Lipinski definition) is 10. The molecule has 0 spiro atoms. The van der Waals surface area contributed by atoms with Gasteiger partial charge in [-0.3, -0.25) is 14.6 Å². The number of hydrogen-bond donors (Lipinski definition) is 1. The largest absolute Gasteiger partial charge is 0.457 e. The summed E-state index contributed by atoms with van der Waals surface area (Å²) in [6.07, 6.45) is 5.88. The molecule has 4 aliphatic heterocycles. The summed E-state index contributed by atoms with van der Waals surface area (Å²) in [5.74, 6) is 0.672. The third-order valence-corrected chi connectivity index (χ3v) is 10.3. The summed E-state index contributed by atoms with van der Waals surface area (Å²) in [4.78, 5) is 29.0. The Balaban J connectivity index is 1.06. The topological polar surface area (TPSA) is 136 Å². The van der Waals surface area contributed by atoms with Crippen LogP contribution in [0.3, 0.4) is 0 Å². The van der Waals surface area contributed by atoms with Crippen molar-refractivity contribution >= 4 is 29.0 Å². The van der Waals surface area contributed by atoms with Crippen LogP contribution < -0.4 is 10.5 Å². The van der Waals surface area contributed by atoms with Gasteiger partial charge in [-0.1, -0.05) is 34.1 Å². The minimum absolute atomic E-state index is 0.0638. The molecular weight excluding hydrogens is 649 g/mol. The molecule has 0 bridgehead atoms. The molecule has 2 N–H and O–H groups in total. The summed E-state index contributed by atoms with van der Waals surface area (Å²) in [6, 6.07) is 16.4. The average molecular weight is 693 g/mol. The fraction of sp³-hybridized carbons (Fsp3) is 0.421. The van der Waals surface area contributed by atoms with Gasteiger partial charge in [0.05, 0.1) is 25.8 Å². The molecule has 51 heavy (non-hydrogen) atoms. The number of carbonyl (C=O) groups excluding carboxylic acids is 1. The van der Waals surface area contributed by atoms with Crippen LogP contribution in [0.15, 0.2) is 71.6 Å². The molecule has 1 amide bonds. The highest BCUT2D eigenvalue weighted by Crippen LogP contribution is 2.34. The number of piperazine rings is 1. The van der Waals surface area contributed by atoms with Gasteiger partial charge in [-0.2, -0.15) is 10.2 Å². The van der Waals surface area contributed by atoms with Crippen LogP contribution in [0, 0.1) is 17.1 Å². The summed E-state index contributed by atoms with van der Waals surface area (Å²) in [6.45, 7) is 10.9. The lowest BCUT2D eigenvalue weighted by Crippen LogP contribution is -2.60. The summed E-state index contributed by atoms with van der Waals surface area (Å²) in [7, 11) is 0. The molecule has 0 aliphatic carbocycles. The molecule has 0 unspecified atom stereocenters. The number of aromatic nitrogens is 2. The Kier molecular flexibility index (Phi) is 9.90. The van der Waals surface area contributed by atoms with E-state index in [1.165, 1.54) is 12.4 Å². The van der Waals surface area contributed by atoms with Gasteiger partial charge in [0.15, 0.2) is 0 Å². The number of nitrogens with two attached hydrogens (primary N) is 1. The smallest absolute Gasteiger partial charge is 0.363 e. The van der Waals surface area contributed by atoms with Crippen molar-refractivity contribution in [1.82, 2.24) is 24.7 Å². The van der Waals surface area contributed by atoms with Gasteiger partial charge in [-0.25, -0.2) is 4.39 Å². The number of benzene rings is 2. The minimum atomic E-state index is -0.540. The molecule has 0 atom stereocenters. The monoisotopic (exact) mass is 692 g/mol. The number of ether oxygens (including phenoxy) is 2. The third-order valence-electron chi connectivity index (χ3n) is 10.3. The first-order chi connectivity index (χ1) is 24.7. The number of carbonyl (C=O) groups is 1. The number of likely N-dealkylation sites (tertiary alicyclic amines) is 1. The molecule has 12 nitrogen and oxygen atoms in total. The SMILES string of the molecule is CC(C)(CC/C=C(\C#N)C(=O)N1CCC/C(=[N+]2/N=C(c3ccc(Oc4ccccc4)cc3F)c3c(N)ncnc32)C1)N1CCN(C2COC2)CC1. The van der Waals surface area contributed by atoms with E-state index < -0.39 is 5.82 Å². The van der Waals surface area contributed by atoms with Gasteiger partial charge in [0.1, 0.15) is 51.8 Å². The number of halogens is 1. The van der Waals surface area contributed by atoms with Crippen LogP contribution in [0.2, 0.25) is 0 Å². The third kappa shape index (κ3) is 7.26. The Morgan fingerprint density at radius 2 is 1.90 bits per heavy atom. The predicted octanol–water partition coefficient (Wildman–Crippen LogP) is 4.49. The lowest BCUT2D eigenvalue weighted by molar-refractivity contribution is -0.448. The van der Waals surface area contributed by atoms with E-state index in [1.807, 2.05) is 18.2 Å². The highest BCUT2D eigenvalue weighted by molar-refractivity contribution is 6.18. The second-order valence-corrected chi connectivity index (χ2v) is 14.0. The second kappa shape index (κ2) is 14.7. The lowest BCUT2D eigenvalue weighted by Gasteiger charge is -2.47. The van der Waals surface area contributed by atoms with Gasteiger partial charge < -0.3 is 20.1 Å². The lowest BCUT2D eigenvalue weighted by atomic mass is 9.94. The number of nitrogens with zero attached hydrogens (tertiary/aromatic N) is 8. The van der Waals surface area contributed by atoms with Gasteiger partial charge in [0, 0.05) is 56.3 Å². The summed E-state index contributed by atoms with van der Waals surface area (Å²) in [5.41, 5.74) is 8.12. The van der Waals surface area contributed by atoms with Crippen LogP contribution in [0.1, 0.15) is 50.7 Å². The molecule has 3 saturated heterocycles. The first-order valence-corrected chi connectivity index (χ1v) is 17.6. The van der Waals surface area contributed by atoms with E-state index in [0.29, 0.717) is 60.4 Å². The number of fused-ring (bicyclic) bond motifs is 1. The van der Waals surface area contributed by atoms with Crippen molar-refractivity contribution in [1.29, 1.82) is 5.26 Å². The maximum Gasteiger partial charge on any atom is 0.363 e. The molecule has 4 aliphatic rings. The standard InChI is InChI=1S/C38H43FN9O3/c1-38(2,47-18-16-45(17-19-47)28-23-50-24-28)14-6-8-26(21-40)37(49)46-15-7-9-27(22-46)48-36-33(35(41)42-25-43-36)34(44-48)31-13-12-30(20-32(31)39)51-29-10-4-3-5-11-29/h3-5,8,10-13,20,25,28H,6-7,9,14-19,22-24H2,1-2H3,(H2,41,42,43)/q+1/b26-8+,48-27-. The number of hydrazone groups is 1. The molecule has 13 heteroatoms. The maximum atomic E-state index is 15.7. The number of para-hydroxylation sites is 1. The number of nitrogen functional groups attached to an aromatic ring is 1. The van der Waals surface area contributed by atoms with Gasteiger partial charge in [0.2, 0.25) is 6.33 Å². The van der Waals surface area contributed by atoms with E-state index in [9.17, 15) is 10.1 Å². The molecule has 2 aromatic carbocycles. The van der Waals surface area contributed by atoms with E-state index in [1.54, 1.807) is 39.9 Å². The van der Waals surface area contributed by atoms with E-state index in [-0.39, 0.29) is 34.9 Å². The average Bonchev–Trinajstić information content (AvgIpc) is 3.51. The molecule has 1 aromatic heterocycles. The zero-order valence-electron chi connectivity index (χ0n) is 29.1. The van der Waals surface area contributed by atoms with Gasteiger partial charge in [-0.05, 0) is 62.4 Å². The normalized spacial score (nSPS) is 20.4. The number of nitriles is 1. The highest BCUT2D eigenvalue weighted by atomic mass is 19.1. The first kappa shape index (κ1) is 34.4. The minimum Gasteiger partial charge on any atom is -0.457 e. The molecule has 3 fully saturated rings. The fourth-order valence-corrected chi connectivity index (χ4v) is 7.16. The van der Waals surface area contributed by atoms with Gasteiger partial charge in [0.25, 0.3) is 5.91 Å². The number of allylic oxidation sites excluding steroid dienone is 1. The number of rotatable bonds is 9. The summed E-state index contributed by atoms with van der Waals surface area (Å²) in [5, 5.41) is 14.8. The van der Waals surface area contributed by atoms with Crippen molar-refractivity contribution in [2.45, 2.75) is 51.1 Å². The molecule has 7 rings (SSSR count). The Morgan fingerprint density at radius 3 is 2.61 bits per heavy atom. The zero-order chi connectivity index (χ0) is 35.5. The summed E-state index contributed by atoms with van der Waals surface area (Å²) >= 11 is 0. The molecular formula is C38H43FN9O3+. The quantitative estimate of drug-likeness (QED) is 0.196. The van der Waals surface area contributed by atoms with Crippen LogP contribution >= 0.6 is 0 Å². The van der Waals surface area contributed by atoms with Crippen molar-refractivity contribution in [3.8, 4) is 17.6 Å². The second-order valence-electron chi connectivity index (χ2n) is 14.0. The van der Waals surface area contributed by atoms with Crippen molar-refractivity contribution in [2.75, 3.05) is 58.2 Å². The Labute approximate surface area is 297 Å². The maximum absolute atomic E-state index is 15.7. The van der Waals surface area contributed by atoms with Crippen LogP contribution in [-0.2, 0) is 9.53 Å². The Hall–Kier alpha value is -5.03. The van der Waals surface area contributed by atoms with E-state index in [2.05, 4.69) is 39.7 Å². The van der Waals surface area contributed by atoms with Crippen molar-refractivity contribution in [3.05, 3.63) is 83.5 Å². The van der Waals surface area contributed by atoms with Crippen LogP contribution in [0.5, 0.6) is 11.5 Å². The Bertz CT molecular complexity index is 1930. The molecule has 0 saturated carbocycles. The molecule has 3 aromatic rings. The van der Waals surface area contributed by atoms with E-state index in [4.69, 9.17) is 20.3 Å². The van der Waals surface area contributed by atoms with Crippen molar-refractivity contribution in [3.63, 3.8) is 0 Å². The van der Waals surface area contributed by atoms with Gasteiger partial charge >= 0.3 is 5.82 Å². The fourth-order valence-electron chi connectivity index (χ4n) is 7.16. The number of piperidine rings is 1. The van der Waals surface area contributed by atoms with Crippen molar-refractivity contribution in [2.24, 2.45) is 5.10 Å². The van der Waals surface area contributed by atoms with Crippen LogP contribution in [0.4, 0.5) is 16.0 Å². The number of amides is 1. The van der Waals surface area contributed by atoms with Crippen LogP contribution in [-0.4, -0.2) is 111 Å². The molecule has 0 radical (unpaired) electrons. The highest BCUT2D eigenvalue weighted by Gasteiger charge is 2.38. The van der Waals surface area contributed by atoms with E-state index in [0.717, 1.165) is 51.5 Å².